The van der Waals surface area contributed by atoms with Crippen molar-refractivity contribution in [1.82, 2.24) is 20.6 Å². The smallest absolute Gasteiger partial charge is 0.263 e. The first kappa shape index (κ1) is 19.9. The van der Waals surface area contributed by atoms with E-state index in [4.69, 9.17) is 10.7 Å². The van der Waals surface area contributed by atoms with Gasteiger partial charge in [0.15, 0.2) is 0 Å². The Balaban J connectivity index is 1.24. The number of nitrogen functional groups attached to an aromatic ring is 1. The van der Waals surface area contributed by atoms with Gasteiger partial charge >= 0.3 is 0 Å². The third-order valence-corrected chi connectivity index (χ3v) is 8.25. The number of anilines is 2. The van der Waals surface area contributed by atoms with Crippen molar-refractivity contribution in [1.29, 1.82) is 0 Å². The van der Waals surface area contributed by atoms with E-state index in [0.717, 1.165) is 73.6 Å². The summed E-state index contributed by atoms with van der Waals surface area (Å²) >= 11 is 1.38. The molecule has 0 unspecified atom stereocenters. The third kappa shape index (κ3) is 3.33. The number of pyridine rings is 2. The van der Waals surface area contributed by atoms with Gasteiger partial charge in [-0.15, -0.1) is 11.3 Å². The maximum atomic E-state index is 13.2. The molecule has 6 rings (SSSR count). The lowest BCUT2D eigenvalue weighted by Crippen LogP contribution is -2.45. The topological polar surface area (TPSA) is 96.2 Å². The van der Waals surface area contributed by atoms with E-state index in [9.17, 15) is 4.79 Å². The average molecular weight is 449 g/mol. The molecule has 4 heterocycles. The highest BCUT2D eigenvalue weighted by Crippen LogP contribution is 2.55. The van der Waals surface area contributed by atoms with E-state index in [1.807, 2.05) is 19.1 Å². The number of nitrogens with two attached hydrogens (primary N) is 1. The first-order valence-electron chi connectivity index (χ1n) is 11.4. The molecule has 8 heteroatoms. The number of nitrogens with zero attached hydrogens (tertiary/aromatic N) is 3. The summed E-state index contributed by atoms with van der Waals surface area (Å²) in [4.78, 5) is 26.6. The first-order chi connectivity index (χ1) is 15.5. The standard InChI is InChI=1S/C24H28N6OS/c1-14-2-4-17-19(25)20(32-23(17)27-14)22(31)28-16-12-15-3-5-18(30-10-8-26-9-11-30)29-21(15)24(13-16)6-7-24/h2-5,16,26H,6-13,25H2,1H3,(H,28,31)/t16-/m1/s1. The van der Waals surface area contributed by atoms with Crippen molar-refractivity contribution in [2.75, 3.05) is 36.8 Å². The van der Waals surface area contributed by atoms with E-state index in [1.54, 1.807) is 0 Å². The minimum absolute atomic E-state index is 0.0854. The fourth-order valence-corrected chi connectivity index (χ4v) is 6.32. The molecule has 3 aliphatic rings. The van der Waals surface area contributed by atoms with Crippen molar-refractivity contribution in [3.05, 3.63) is 46.1 Å². The third-order valence-electron chi connectivity index (χ3n) is 7.14. The second-order valence-electron chi connectivity index (χ2n) is 9.42. The maximum Gasteiger partial charge on any atom is 0.263 e. The van der Waals surface area contributed by atoms with Crippen LogP contribution in [0.4, 0.5) is 11.5 Å². The van der Waals surface area contributed by atoms with E-state index < -0.39 is 0 Å². The Bertz CT molecular complexity index is 1210. The molecule has 1 atom stereocenters. The quantitative estimate of drug-likeness (QED) is 0.570. The number of hydrogen-bond acceptors (Lipinski definition) is 7. The Morgan fingerprint density at radius 2 is 2.03 bits per heavy atom. The van der Waals surface area contributed by atoms with Crippen LogP contribution in [0.1, 0.15) is 45.9 Å². The molecular weight excluding hydrogens is 420 g/mol. The summed E-state index contributed by atoms with van der Waals surface area (Å²) in [6.07, 6.45) is 4.07. The highest BCUT2D eigenvalue weighted by molar-refractivity contribution is 7.21. The number of fused-ring (bicyclic) bond motifs is 3. The molecule has 166 valence electrons. The molecule has 0 radical (unpaired) electrons. The SMILES string of the molecule is Cc1ccc2c(N)c(C(=O)N[C@@H]3Cc4ccc(N5CCNCC5)nc4C4(CC4)C3)sc2n1. The Hall–Kier alpha value is -2.71. The van der Waals surface area contributed by atoms with Crippen LogP contribution >= 0.6 is 11.3 Å². The summed E-state index contributed by atoms with van der Waals surface area (Å²) in [5.74, 6) is 1.01. The van der Waals surface area contributed by atoms with Gasteiger partial charge in [-0.2, -0.15) is 0 Å². The molecular formula is C24H28N6OS. The van der Waals surface area contributed by atoms with Crippen LogP contribution in [0.25, 0.3) is 10.2 Å². The zero-order chi connectivity index (χ0) is 21.9. The number of thiophene rings is 1. The Kier molecular flexibility index (Phi) is 4.62. The minimum Gasteiger partial charge on any atom is -0.397 e. The highest BCUT2D eigenvalue weighted by atomic mass is 32.1. The van der Waals surface area contributed by atoms with Crippen LogP contribution in [0.3, 0.4) is 0 Å². The number of aryl methyl sites for hydroxylation is 1. The van der Waals surface area contributed by atoms with Crippen LogP contribution in [0, 0.1) is 6.92 Å². The lowest BCUT2D eigenvalue weighted by atomic mass is 9.80. The van der Waals surface area contributed by atoms with Crippen molar-refractivity contribution in [3.8, 4) is 0 Å². The summed E-state index contributed by atoms with van der Waals surface area (Å²) in [7, 11) is 0. The molecule has 1 aliphatic heterocycles. The lowest BCUT2D eigenvalue weighted by molar-refractivity contribution is 0.0935. The van der Waals surface area contributed by atoms with Crippen LogP contribution in [0.2, 0.25) is 0 Å². The highest BCUT2D eigenvalue weighted by Gasteiger charge is 2.51. The molecule has 3 aromatic rings. The molecule has 0 aromatic carbocycles. The molecule has 32 heavy (non-hydrogen) atoms. The fourth-order valence-electron chi connectivity index (χ4n) is 5.28. The second-order valence-corrected chi connectivity index (χ2v) is 10.4. The molecule has 0 bridgehead atoms. The van der Waals surface area contributed by atoms with E-state index in [-0.39, 0.29) is 17.4 Å². The zero-order valence-corrected chi connectivity index (χ0v) is 19.1. The average Bonchev–Trinajstić information content (AvgIpc) is 3.49. The summed E-state index contributed by atoms with van der Waals surface area (Å²) in [6.45, 7) is 5.97. The number of carbonyl (C=O) groups is 1. The summed E-state index contributed by atoms with van der Waals surface area (Å²) in [6, 6.07) is 8.38. The Labute approximate surface area is 191 Å². The van der Waals surface area contributed by atoms with Crippen molar-refractivity contribution in [3.63, 3.8) is 0 Å². The van der Waals surface area contributed by atoms with E-state index >= 15 is 0 Å². The molecule has 2 fully saturated rings. The Morgan fingerprint density at radius 1 is 1.22 bits per heavy atom. The lowest BCUT2D eigenvalue weighted by Gasteiger charge is -2.34. The van der Waals surface area contributed by atoms with Crippen LogP contribution in [-0.2, 0) is 11.8 Å². The number of aromatic nitrogens is 2. The van der Waals surface area contributed by atoms with Crippen molar-refractivity contribution in [2.45, 2.75) is 44.1 Å². The van der Waals surface area contributed by atoms with Gasteiger partial charge in [0.25, 0.3) is 5.91 Å². The number of nitrogens with one attached hydrogen (secondary N) is 2. The minimum atomic E-state index is -0.0854. The molecule has 7 nitrogen and oxygen atoms in total. The van der Waals surface area contributed by atoms with Crippen molar-refractivity contribution >= 4 is 39.0 Å². The van der Waals surface area contributed by atoms with Crippen LogP contribution in [-0.4, -0.2) is 48.1 Å². The maximum absolute atomic E-state index is 13.2. The van der Waals surface area contributed by atoms with Crippen LogP contribution < -0.4 is 21.3 Å². The number of hydrogen-bond donors (Lipinski definition) is 3. The van der Waals surface area contributed by atoms with Gasteiger partial charge in [-0.05, 0) is 56.4 Å². The van der Waals surface area contributed by atoms with E-state index in [1.165, 1.54) is 22.6 Å². The zero-order valence-electron chi connectivity index (χ0n) is 18.3. The number of piperazine rings is 1. The molecule has 2 aliphatic carbocycles. The molecule has 1 saturated carbocycles. The van der Waals surface area contributed by atoms with Gasteiger partial charge < -0.3 is 21.3 Å². The van der Waals surface area contributed by atoms with Gasteiger partial charge in [-0.25, -0.2) is 9.97 Å². The molecule has 3 aromatic heterocycles. The largest absolute Gasteiger partial charge is 0.397 e. The number of rotatable bonds is 3. The van der Waals surface area contributed by atoms with Gasteiger partial charge in [0.05, 0.1) is 11.4 Å². The van der Waals surface area contributed by atoms with Crippen molar-refractivity contribution < 1.29 is 4.79 Å². The summed E-state index contributed by atoms with van der Waals surface area (Å²) in [5, 5.41) is 7.55. The van der Waals surface area contributed by atoms with Crippen LogP contribution in [0.15, 0.2) is 24.3 Å². The van der Waals surface area contributed by atoms with E-state index in [2.05, 4.69) is 32.7 Å². The normalized spacial score (nSPS) is 21.5. The Morgan fingerprint density at radius 3 is 2.81 bits per heavy atom. The molecule has 4 N–H and O–H groups in total. The number of carbonyl (C=O) groups excluding carboxylic acids is 1. The fraction of sp³-hybridized carbons (Fsp3) is 0.458. The first-order valence-corrected chi connectivity index (χ1v) is 12.3. The van der Waals surface area contributed by atoms with Gasteiger partial charge in [-0.3, -0.25) is 4.79 Å². The predicted molar refractivity (Wildman–Crippen MR) is 129 cm³/mol. The number of amides is 1. The summed E-state index contributed by atoms with van der Waals surface area (Å²) < 4.78 is 0. The molecule has 1 amide bonds. The monoisotopic (exact) mass is 448 g/mol. The summed E-state index contributed by atoms with van der Waals surface area (Å²) in [5.41, 5.74) is 10.4. The molecule has 1 spiro atoms. The van der Waals surface area contributed by atoms with Gasteiger partial charge in [0.1, 0.15) is 15.5 Å². The van der Waals surface area contributed by atoms with Gasteiger partial charge in [0, 0.05) is 48.7 Å². The van der Waals surface area contributed by atoms with Crippen molar-refractivity contribution in [2.24, 2.45) is 0 Å². The van der Waals surface area contributed by atoms with E-state index in [0.29, 0.717) is 10.6 Å². The predicted octanol–water partition coefficient (Wildman–Crippen LogP) is 2.77. The van der Waals surface area contributed by atoms with Gasteiger partial charge in [0.2, 0.25) is 0 Å². The van der Waals surface area contributed by atoms with Gasteiger partial charge in [-0.1, -0.05) is 6.07 Å². The molecule has 1 saturated heterocycles. The second kappa shape index (κ2) is 7.42. The van der Waals surface area contributed by atoms with Crippen LogP contribution in [0.5, 0.6) is 0 Å².